The lowest BCUT2D eigenvalue weighted by Gasteiger charge is -2.21. The van der Waals surface area contributed by atoms with Crippen LogP contribution in [0.25, 0.3) is 11.1 Å². The van der Waals surface area contributed by atoms with E-state index in [0.29, 0.717) is 34.6 Å². The summed E-state index contributed by atoms with van der Waals surface area (Å²) >= 11 is 0.696. The van der Waals surface area contributed by atoms with Gasteiger partial charge in [-0.3, -0.25) is 0 Å². The molecule has 230 valence electrons. The van der Waals surface area contributed by atoms with Crippen molar-refractivity contribution in [3.63, 3.8) is 0 Å². The lowest BCUT2D eigenvalue weighted by Crippen LogP contribution is -2.47. The lowest BCUT2D eigenvalue weighted by atomic mass is 10.0. The Balaban J connectivity index is 2.11. The van der Waals surface area contributed by atoms with Gasteiger partial charge < -0.3 is 14.7 Å². The number of hydroxylamine groups is 1. The highest BCUT2D eigenvalue weighted by Crippen LogP contribution is 2.39. The second-order valence-corrected chi connectivity index (χ2v) is 13.3. The number of alkyl halides is 3. The van der Waals surface area contributed by atoms with Crippen LogP contribution in [0.2, 0.25) is 0 Å². The minimum absolute atomic E-state index is 0.0528. The van der Waals surface area contributed by atoms with Crippen LogP contribution in [-0.4, -0.2) is 47.2 Å². The number of rotatable bonds is 10. The Morgan fingerprint density at radius 3 is 2.43 bits per heavy atom. The average molecular weight is 633 g/mol. The quantitative estimate of drug-likeness (QED) is 0.209. The third-order valence-electron chi connectivity index (χ3n) is 5.87. The molecule has 0 bridgehead atoms. The number of carbonyl (C=O) groups is 2. The Bertz CT molecular complexity index is 1530. The van der Waals surface area contributed by atoms with Crippen molar-refractivity contribution >= 4 is 33.4 Å². The molecule has 0 aliphatic heterocycles. The summed E-state index contributed by atoms with van der Waals surface area (Å²) in [5.74, 6) is -2.66. The van der Waals surface area contributed by atoms with E-state index in [1.165, 1.54) is 18.2 Å². The van der Waals surface area contributed by atoms with Crippen molar-refractivity contribution in [2.45, 2.75) is 70.3 Å². The number of hydrogen-bond donors (Lipinski definition) is 1. The number of halogens is 4. The molecule has 0 unspecified atom stereocenters. The molecule has 0 radical (unpaired) electrons. The number of nitrogens with one attached hydrogen (secondary N) is 1. The number of sulfonamides is 1. The van der Waals surface area contributed by atoms with E-state index < -0.39 is 42.7 Å². The fourth-order valence-corrected chi connectivity index (χ4v) is 7.12. The zero-order valence-electron chi connectivity index (χ0n) is 23.7. The molecule has 2 amide bonds. The molecule has 0 atom stereocenters. The van der Waals surface area contributed by atoms with Crippen LogP contribution < -0.4 is 5.32 Å². The van der Waals surface area contributed by atoms with Crippen molar-refractivity contribution < 1.29 is 40.4 Å². The lowest BCUT2D eigenvalue weighted by molar-refractivity contribution is -0.216. The van der Waals surface area contributed by atoms with Gasteiger partial charge in [0, 0.05) is 40.9 Å². The highest BCUT2D eigenvalue weighted by atomic mass is 32.2. The van der Waals surface area contributed by atoms with E-state index in [1.54, 1.807) is 23.9 Å². The Hall–Kier alpha value is -3.46. The zero-order chi connectivity index (χ0) is 31.4. The molecular formula is C27H32F4N4O5S2. The van der Waals surface area contributed by atoms with Gasteiger partial charge in [-0.25, -0.2) is 19.0 Å². The molecule has 0 saturated heterocycles. The first kappa shape index (κ1) is 33.0. The third kappa shape index (κ3) is 7.68. The number of benzene rings is 1. The Morgan fingerprint density at radius 2 is 1.86 bits per heavy atom. The maximum Gasteiger partial charge on any atom is 0.493 e. The molecule has 0 fully saturated rings. The summed E-state index contributed by atoms with van der Waals surface area (Å²) in [6.07, 6.45) is -1.56. The fraction of sp³-hybridized carbons (Fsp3) is 0.444. The van der Waals surface area contributed by atoms with Crippen LogP contribution in [0.3, 0.4) is 0 Å². The summed E-state index contributed by atoms with van der Waals surface area (Å²) in [7, 11) is -5.20. The van der Waals surface area contributed by atoms with Crippen LogP contribution in [0.15, 0.2) is 40.9 Å². The number of thiophene rings is 1. The van der Waals surface area contributed by atoms with E-state index in [2.05, 4.69) is 15.1 Å². The second-order valence-electron chi connectivity index (χ2n) is 10.2. The first-order chi connectivity index (χ1) is 19.6. The Labute approximate surface area is 245 Å². The van der Waals surface area contributed by atoms with Crippen molar-refractivity contribution in [3.05, 3.63) is 58.7 Å². The summed E-state index contributed by atoms with van der Waals surface area (Å²) in [6, 6.07) is 3.97. The molecule has 3 aromatic rings. The summed E-state index contributed by atoms with van der Waals surface area (Å²) in [4.78, 5) is 33.2. The standard InChI is InChI=1S/C27H32F4N4O5S2/c1-6-9-33-26(37)35(40-25(36)27(29,30)31)42(38,39)24-21(14-20(41-24)12-16(2)3)18-7-8-19(22(28)13-18)15-34-11-10-32-23(34)17(4)5/h7-8,10-11,13-14,16-17H,6,9,12,15H2,1-5H3,(H,33,37). The van der Waals surface area contributed by atoms with Crippen molar-refractivity contribution in [1.29, 1.82) is 0 Å². The monoisotopic (exact) mass is 632 g/mol. The van der Waals surface area contributed by atoms with E-state index in [9.17, 15) is 31.2 Å². The molecule has 42 heavy (non-hydrogen) atoms. The molecule has 0 spiro atoms. The Kier molecular flexibility index (Phi) is 10.4. The molecule has 0 aliphatic carbocycles. The van der Waals surface area contributed by atoms with E-state index in [0.717, 1.165) is 11.9 Å². The van der Waals surface area contributed by atoms with Crippen molar-refractivity contribution in [3.8, 4) is 11.1 Å². The van der Waals surface area contributed by atoms with Gasteiger partial charge in [0.25, 0.3) is 0 Å². The first-order valence-electron chi connectivity index (χ1n) is 13.1. The summed E-state index contributed by atoms with van der Waals surface area (Å²) < 4.78 is 82.4. The largest absolute Gasteiger partial charge is 0.493 e. The van der Waals surface area contributed by atoms with Crippen molar-refractivity contribution in [2.24, 2.45) is 5.92 Å². The highest BCUT2D eigenvalue weighted by molar-refractivity contribution is 7.91. The molecule has 0 saturated carbocycles. The summed E-state index contributed by atoms with van der Waals surface area (Å²) in [6.45, 7) is 9.33. The number of aromatic nitrogens is 2. The van der Waals surface area contributed by atoms with Crippen molar-refractivity contribution in [1.82, 2.24) is 19.3 Å². The number of carbonyl (C=O) groups excluding carboxylic acids is 2. The van der Waals surface area contributed by atoms with E-state index in [4.69, 9.17) is 0 Å². The molecule has 2 heterocycles. The van der Waals surface area contributed by atoms with Gasteiger partial charge in [0.1, 0.15) is 11.6 Å². The topological polar surface area (TPSA) is 111 Å². The second kappa shape index (κ2) is 13.2. The van der Waals surface area contributed by atoms with Crippen LogP contribution in [0.4, 0.5) is 22.4 Å². The average Bonchev–Trinajstić information content (AvgIpc) is 3.53. The minimum Gasteiger partial charge on any atom is -0.335 e. The predicted molar refractivity (Wildman–Crippen MR) is 149 cm³/mol. The van der Waals surface area contributed by atoms with Gasteiger partial charge in [-0.1, -0.05) is 46.8 Å². The maximum atomic E-state index is 15.4. The molecular weight excluding hydrogens is 600 g/mol. The van der Waals surface area contributed by atoms with Gasteiger partial charge in [0.05, 0.1) is 6.54 Å². The van der Waals surface area contributed by atoms with E-state index in [-0.39, 0.29) is 36.1 Å². The van der Waals surface area contributed by atoms with Gasteiger partial charge in [0.2, 0.25) is 0 Å². The van der Waals surface area contributed by atoms with Crippen molar-refractivity contribution in [2.75, 3.05) is 6.54 Å². The van der Waals surface area contributed by atoms with Crippen LogP contribution in [0, 0.1) is 11.7 Å². The summed E-state index contributed by atoms with van der Waals surface area (Å²) in [5, 5.41) is 2.11. The predicted octanol–water partition coefficient (Wildman–Crippen LogP) is 6.25. The molecule has 1 aromatic carbocycles. The molecule has 9 nitrogen and oxygen atoms in total. The fourth-order valence-electron chi connectivity index (χ4n) is 4.00. The molecule has 2 aromatic heterocycles. The minimum atomic E-state index is -5.58. The highest BCUT2D eigenvalue weighted by Gasteiger charge is 2.47. The van der Waals surface area contributed by atoms with Gasteiger partial charge >= 0.3 is 28.2 Å². The number of hydrogen-bond acceptors (Lipinski definition) is 7. The molecule has 1 N–H and O–H groups in total. The van der Waals surface area contributed by atoms with Gasteiger partial charge in [-0.05, 0) is 40.9 Å². The maximum absolute atomic E-state index is 15.4. The molecule has 3 rings (SSSR count). The smallest absolute Gasteiger partial charge is 0.335 e. The normalized spacial score (nSPS) is 12.2. The van der Waals surface area contributed by atoms with Crippen LogP contribution >= 0.6 is 11.3 Å². The summed E-state index contributed by atoms with van der Waals surface area (Å²) in [5.41, 5.74) is 0.343. The zero-order valence-corrected chi connectivity index (χ0v) is 25.3. The van der Waals surface area contributed by atoms with Gasteiger partial charge in [-0.15, -0.1) is 11.3 Å². The number of urea groups is 1. The number of amides is 2. The third-order valence-corrected chi connectivity index (χ3v) is 9.07. The van der Waals surface area contributed by atoms with Crippen LogP contribution in [-0.2, 0) is 32.6 Å². The van der Waals surface area contributed by atoms with Crippen LogP contribution in [0.1, 0.15) is 63.2 Å². The van der Waals surface area contributed by atoms with Gasteiger partial charge in [-0.2, -0.15) is 21.6 Å². The number of imidazole rings is 1. The Morgan fingerprint density at radius 1 is 1.17 bits per heavy atom. The van der Waals surface area contributed by atoms with Crippen LogP contribution in [0.5, 0.6) is 0 Å². The molecule has 15 heteroatoms. The molecule has 0 aliphatic rings. The van der Waals surface area contributed by atoms with E-state index >= 15 is 4.39 Å². The number of nitrogens with zero attached hydrogens (tertiary/aromatic N) is 3. The van der Waals surface area contributed by atoms with E-state index in [1.807, 2.05) is 27.7 Å². The van der Waals surface area contributed by atoms with Gasteiger partial charge in [0.15, 0.2) is 4.21 Å². The SMILES string of the molecule is CCCNC(=O)N(OC(=O)C(F)(F)F)S(=O)(=O)c1sc(CC(C)C)cc1-c1ccc(Cn2ccnc2C(C)C)c(F)c1. The first-order valence-corrected chi connectivity index (χ1v) is 15.4.